The van der Waals surface area contributed by atoms with Gasteiger partial charge in [0, 0.05) is 30.0 Å². The summed E-state index contributed by atoms with van der Waals surface area (Å²) in [5, 5.41) is 6.74. The predicted molar refractivity (Wildman–Crippen MR) is 113 cm³/mol. The van der Waals surface area contributed by atoms with Crippen LogP contribution in [0.25, 0.3) is 0 Å². The Labute approximate surface area is 166 Å². The van der Waals surface area contributed by atoms with Crippen molar-refractivity contribution in [1.82, 2.24) is 10.6 Å². The van der Waals surface area contributed by atoms with Crippen LogP contribution in [-0.4, -0.2) is 32.8 Å². The van der Waals surface area contributed by atoms with Crippen LogP contribution in [0.15, 0.2) is 41.4 Å². The fourth-order valence-electron chi connectivity index (χ4n) is 2.57. The van der Waals surface area contributed by atoms with E-state index in [1.807, 2.05) is 18.3 Å². The van der Waals surface area contributed by atoms with Crippen molar-refractivity contribution in [3.05, 3.63) is 57.3 Å². The molecular weight excluding hydrogens is 358 g/mol. The first-order chi connectivity index (χ1) is 13.2. The SMILES string of the molecule is CCOCCOCc1cccc(CNC(=NC)NCc2ccc(CC)s2)c1. The monoisotopic (exact) mass is 389 g/mol. The second-order valence-electron chi connectivity index (χ2n) is 6.07. The molecule has 0 aliphatic heterocycles. The Kier molecular flexibility index (Phi) is 9.90. The van der Waals surface area contributed by atoms with Gasteiger partial charge in [0.05, 0.1) is 26.4 Å². The van der Waals surface area contributed by atoms with Gasteiger partial charge in [-0.1, -0.05) is 31.2 Å². The van der Waals surface area contributed by atoms with E-state index in [1.165, 1.54) is 20.9 Å². The van der Waals surface area contributed by atoms with Gasteiger partial charge in [0.15, 0.2) is 5.96 Å². The van der Waals surface area contributed by atoms with Crippen LogP contribution in [0.3, 0.4) is 0 Å². The molecule has 0 fully saturated rings. The number of nitrogens with zero attached hydrogens (tertiary/aromatic N) is 1. The third-order valence-electron chi connectivity index (χ3n) is 4.02. The number of aliphatic imine (C=N–C) groups is 1. The lowest BCUT2D eigenvalue weighted by atomic mass is 10.1. The van der Waals surface area contributed by atoms with Crippen molar-refractivity contribution in [1.29, 1.82) is 0 Å². The van der Waals surface area contributed by atoms with E-state index in [2.05, 4.69) is 58.9 Å². The number of ether oxygens (including phenoxy) is 2. The van der Waals surface area contributed by atoms with E-state index in [-0.39, 0.29) is 0 Å². The molecule has 2 N–H and O–H groups in total. The highest BCUT2D eigenvalue weighted by atomic mass is 32.1. The molecule has 0 aliphatic carbocycles. The van der Waals surface area contributed by atoms with E-state index in [1.54, 1.807) is 7.05 Å². The Morgan fingerprint density at radius 3 is 2.44 bits per heavy atom. The summed E-state index contributed by atoms with van der Waals surface area (Å²) in [6, 6.07) is 12.8. The lowest BCUT2D eigenvalue weighted by Gasteiger charge is -2.12. The molecule has 0 atom stereocenters. The van der Waals surface area contributed by atoms with E-state index in [4.69, 9.17) is 9.47 Å². The number of benzene rings is 1. The molecule has 1 aromatic heterocycles. The molecule has 0 bridgehead atoms. The average Bonchev–Trinajstić information content (AvgIpc) is 3.16. The second-order valence-corrected chi connectivity index (χ2v) is 7.32. The predicted octanol–water partition coefficient (Wildman–Crippen LogP) is 3.73. The highest BCUT2D eigenvalue weighted by Gasteiger charge is 2.03. The van der Waals surface area contributed by atoms with Crippen molar-refractivity contribution in [2.45, 2.75) is 40.0 Å². The van der Waals surface area contributed by atoms with Gasteiger partial charge in [0.1, 0.15) is 0 Å². The van der Waals surface area contributed by atoms with E-state index >= 15 is 0 Å². The van der Waals surface area contributed by atoms with Gasteiger partial charge in [-0.25, -0.2) is 0 Å². The first kappa shape index (κ1) is 21.4. The van der Waals surface area contributed by atoms with Gasteiger partial charge in [-0.05, 0) is 36.6 Å². The molecule has 0 radical (unpaired) electrons. The Bertz CT molecular complexity index is 700. The molecule has 0 spiro atoms. The van der Waals surface area contributed by atoms with Gasteiger partial charge >= 0.3 is 0 Å². The molecule has 5 nitrogen and oxygen atoms in total. The average molecular weight is 390 g/mol. The maximum Gasteiger partial charge on any atom is 0.191 e. The first-order valence-corrected chi connectivity index (χ1v) is 10.3. The van der Waals surface area contributed by atoms with Gasteiger partial charge in [0.2, 0.25) is 0 Å². The largest absolute Gasteiger partial charge is 0.379 e. The fourth-order valence-corrected chi connectivity index (χ4v) is 3.46. The molecule has 1 aromatic carbocycles. The molecule has 2 aromatic rings. The summed E-state index contributed by atoms with van der Waals surface area (Å²) in [4.78, 5) is 7.04. The summed E-state index contributed by atoms with van der Waals surface area (Å²) < 4.78 is 10.9. The molecule has 0 aliphatic rings. The minimum absolute atomic E-state index is 0.603. The summed E-state index contributed by atoms with van der Waals surface area (Å²) in [6.45, 7) is 8.27. The third kappa shape index (κ3) is 8.12. The summed E-state index contributed by atoms with van der Waals surface area (Å²) in [5.74, 6) is 0.805. The van der Waals surface area contributed by atoms with Crippen LogP contribution >= 0.6 is 11.3 Å². The zero-order chi connectivity index (χ0) is 19.3. The molecule has 6 heteroatoms. The van der Waals surface area contributed by atoms with Crippen molar-refractivity contribution in [3.8, 4) is 0 Å². The fraction of sp³-hybridized carbons (Fsp3) is 0.476. The highest BCUT2D eigenvalue weighted by molar-refractivity contribution is 7.11. The third-order valence-corrected chi connectivity index (χ3v) is 5.25. The normalized spacial score (nSPS) is 11.6. The number of rotatable bonds is 11. The van der Waals surface area contributed by atoms with Crippen LogP contribution < -0.4 is 10.6 Å². The highest BCUT2D eigenvalue weighted by Crippen LogP contribution is 2.16. The molecule has 0 saturated carbocycles. The van der Waals surface area contributed by atoms with Crippen LogP contribution in [-0.2, 0) is 35.6 Å². The number of nitrogens with one attached hydrogen (secondary N) is 2. The molecule has 0 saturated heterocycles. The van der Waals surface area contributed by atoms with Crippen LogP contribution in [0.1, 0.15) is 34.7 Å². The van der Waals surface area contributed by atoms with Crippen molar-refractivity contribution in [3.63, 3.8) is 0 Å². The van der Waals surface area contributed by atoms with E-state index in [9.17, 15) is 0 Å². The first-order valence-electron chi connectivity index (χ1n) is 9.50. The minimum atomic E-state index is 0.603. The van der Waals surface area contributed by atoms with Gasteiger partial charge in [-0.3, -0.25) is 4.99 Å². The minimum Gasteiger partial charge on any atom is -0.379 e. The molecule has 27 heavy (non-hydrogen) atoms. The van der Waals surface area contributed by atoms with Crippen molar-refractivity contribution < 1.29 is 9.47 Å². The smallest absolute Gasteiger partial charge is 0.191 e. The van der Waals surface area contributed by atoms with Gasteiger partial charge in [-0.2, -0.15) is 0 Å². The van der Waals surface area contributed by atoms with Gasteiger partial charge in [0.25, 0.3) is 0 Å². The molecule has 148 valence electrons. The summed E-state index contributed by atoms with van der Waals surface area (Å²) >= 11 is 1.85. The summed E-state index contributed by atoms with van der Waals surface area (Å²) in [5.41, 5.74) is 2.37. The Balaban J connectivity index is 1.75. The van der Waals surface area contributed by atoms with Gasteiger partial charge in [-0.15, -0.1) is 11.3 Å². The lowest BCUT2D eigenvalue weighted by molar-refractivity contribution is 0.0453. The van der Waals surface area contributed by atoms with Crippen LogP contribution in [0.4, 0.5) is 0 Å². The van der Waals surface area contributed by atoms with E-state index in [0.29, 0.717) is 19.8 Å². The number of hydrogen-bond acceptors (Lipinski definition) is 4. The Morgan fingerprint density at radius 2 is 1.70 bits per heavy atom. The van der Waals surface area contributed by atoms with Crippen molar-refractivity contribution in [2.75, 3.05) is 26.9 Å². The lowest BCUT2D eigenvalue weighted by Crippen LogP contribution is -2.36. The van der Waals surface area contributed by atoms with Gasteiger partial charge < -0.3 is 20.1 Å². The Hall–Kier alpha value is -1.89. The van der Waals surface area contributed by atoms with E-state index < -0.39 is 0 Å². The van der Waals surface area contributed by atoms with Crippen LogP contribution in [0, 0.1) is 0 Å². The molecule has 0 unspecified atom stereocenters. The van der Waals surface area contributed by atoms with E-state index in [0.717, 1.165) is 32.1 Å². The standard InChI is InChI=1S/C21H31N3O2S/c1-4-19-9-10-20(27-19)15-24-21(22-3)23-14-17-7-6-8-18(13-17)16-26-12-11-25-5-2/h6-10,13H,4-5,11-12,14-16H2,1-3H3,(H2,22,23,24). The summed E-state index contributed by atoms with van der Waals surface area (Å²) in [7, 11) is 1.80. The topological polar surface area (TPSA) is 54.9 Å². The maximum absolute atomic E-state index is 5.64. The Morgan fingerprint density at radius 1 is 0.963 bits per heavy atom. The molecular formula is C21H31N3O2S. The maximum atomic E-state index is 5.64. The molecule has 2 rings (SSSR count). The number of aryl methyl sites for hydroxylation is 1. The summed E-state index contributed by atoms with van der Waals surface area (Å²) in [6.07, 6.45) is 1.09. The number of guanidine groups is 1. The van der Waals surface area contributed by atoms with Crippen LogP contribution in [0.2, 0.25) is 0 Å². The molecule has 1 heterocycles. The zero-order valence-corrected chi connectivity index (χ0v) is 17.4. The quantitative estimate of drug-likeness (QED) is 0.349. The van der Waals surface area contributed by atoms with Crippen molar-refractivity contribution in [2.24, 2.45) is 4.99 Å². The van der Waals surface area contributed by atoms with Crippen LogP contribution in [0.5, 0.6) is 0 Å². The van der Waals surface area contributed by atoms with Crippen molar-refractivity contribution >= 4 is 17.3 Å². The number of hydrogen-bond donors (Lipinski definition) is 2. The second kappa shape index (κ2) is 12.5. The number of thiophene rings is 1. The molecule has 0 amide bonds. The zero-order valence-electron chi connectivity index (χ0n) is 16.6.